The summed E-state index contributed by atoms with van der Waals surface area (Å²) in [5.74, 6) is 0.0229. The van der Waals surface area contributed by atoms with Crippen LogP contribution in [0.3, 0.4) is 0 Å². The smallest absolute Gasteiger partial charge is 0.307 e. The van der Waals surface area contributed by atoms with Gasteiger partial charge in [0.15, 0.2) is 0 Å². The average molecular weight is 369 g/mol. The molecule has 1 N–H and O–H groups in total. The van der Waals surface area contributed by atoms with Crippen molar-refractivity contribution in [2.75, 3.05) is 0 Å². The second-order valence-corrected chi connectivity index (χ2v) is 6.51. The van der Waals surface area contributed by atoms with Crippen LogP contribution in [0.15, 0.2) is 33.6 Å². The van der Waals surface area contributed by atoms with E-state index >= 15 is 0 Å². The molecule has 0 amide bonds. The predicted molar refractivity (Wildman–Crippen MR) is 87.7 cm³/mol. The van der Waals surface area contributed by atoms with Crippen LogP contribution in [0, 0.1) is 6.92 Å². The lowest BCUT2D eigenvalue weighted by atomic mass is 10.2. The van der Waals surface area contributed by atoms with Gasteiger partial charge in [-0.25, -0.2) is 0 Å². The number of rotatable bonds is 6. The third-order valence-electron chi connectivity index (χ3n) is 3.11. The maximum absolute atomic E-state index is 10.7. The molecule has 2 aromatic rings. The van der Waals surface area contributed by atoms with Gasteiger partial charge < -0.3 is 5.11 Å². The van der Waals surface area contributed by atoms with Crippen LogP contribution in [0.25, 0.3) is 0 Å². The minimum atomic E-state index is -0.804. The quantitative estimate of drug-likeness (QED) is 0.785. The molecule has 1 aromatic heterocycles. The monoisotopic (exact) mass is 368 g/mol. The van der Waals surface area contributed by atoms with Crippen molar-refractivity contribution in [2.24, 2.45) is 0 Å². The highest BCUT2D eigenvalue weighted by Crippen LogP contribution is 2.29. The van der Waals surface area contributed by atoms with E-state index in [1.54, 1.807) is 11.8 Å². The largest absolute Gasteiger partial charge is 0.481 e. The second kappa shape index (κ2) is 7.13. The van der Waals surface area contributed by atoms with Crippen molar-refractivity contribution >= 4 is 33.7 Å². The number of carbonyl (C=O) groups is 1. The van der Waals surface area contributed by atoms with Crippen LogP contribution in [0.2, 0.25) is 0 Å². The van der Waals surface area contributed by atoms with E-state index in [4.69, 9.17) is 5.11 Å². The molecule has 2 rings (SSSR count). The highest BCUT2D eigenvalue weighted by atomic mass is 79.9. The first-order valence-electron chi connectivity index (χ1n) is 6.66. The number of aliphatic carboxylic acids is 1. The normalized spacial score (nSPS) is 10.8. The maximum Gasteiger partial charge on any atom is 0.307 e. The minimum absolute atomic E-state index is 0.0678. The van der Waals surface area contributed by atoms with Crippen molar-refractivity contribution in [2.45, 2.75) is 37.5 Å². The van der Waals surface area contributed by atoms with E-state index < -0.39 is 5.97 Å². The van der Waals surface area contributed by atoms with Gasteiger partial charge in [-0.1, -0.05) is 12.1 Å². The summed E-state index contributed by atoms with van der Waals surface area (Å²) in [5.41, 5.74) is 3.00. The van der Waals surface area contributed by atoms with Gasteiger partial charge in [0.2, 0.25) is 0 Å². The van der Waals surface area contributed by atoms with Crippen LogP contribution in [-0.2, 0) is 23.5 Å². The first kappa shape index (κ1) is 16.1. The van der Waals surface area contributed by atoms with Crippen LogP contribution in [0.4, 0.5) is 0 Å². The summed E-state index contributed by atoms with van der Waals surface area (Å²) in [5, 5.41) is 13.2. The van der Waals surface area contributed by atoms with E-state index in [0.717, 1.165) is 32.9 Å². The summed E-state index contributed by atoms with van der Waals surface area (Å²) in [6, 6.07) is 7.68. The summed E-state index contributed by atoms with van der Waals surface area (Å²) in [7, 11) is 0. The minimum Gasteiger partial charge on any atom is -0.481 e. The van der Waals surface area contributed by atoms with Gasteiger partial charge in [0.1, 0.15) is 0 Å². The summed E-state index contributed by atoms with van der Waals surface area (Å²) < 4.78 is 3.07. The van der Waals surface area contributed by atoms with Crippen LogP contribution in [0.5, 0.6) is 0 Å². The summed E-state index contributed by atoms with van der Waals surface area (Å²) in [6.07, 6.45) is 0.0678. The molecule has 0 unspecified atom stereocenters. The Morgan fingerprint density at radius 1 is 1.38 bits per heavy atom. The Balaban J connectivity index is 2.05. The molecule has 0 aliphatic carbocycles. The molecule has 0 bridgehead atoms. The zero-order valence-electron chi connectivity index (χ0n) is 12.0. The first-order chi connectivity index (χ1) is 10.0. The van der Waals surface area contributed by atoms with E-state index in [1.807, 2.05) is 35.9 Å². The molecule has 21 heavy (non-hydrogen) atoms. The molecule has 1 aromatic carbocycles. The predicted octanol–water partition coefficient (Wildman–Crippen LogP) is 3.89. The van der Waals surface area contributed by atoms with Gasteiger partial charge >= 0.3 is 5.97 Å². The Bertz CT molecular complexity index is 638. The van der Waals surface area contributed by atoms with Crippen LogP contribution in [-0.4, -0.2) is 20.9 Å². The lowest BCUT2D eigenvalue weighted by Crippen LogP contribution is -2.01. The number of halogens is 1. The molecule has 0 aliphatic heterocycles. The SMILES string of the molecule is CCn1nc(C)c(Br)c1CSc1ccc(CC(=O)O)cc1. The van der Waals surface area contributed by atoms with Crippen molar-refractivity contribution < 1.29 is 9.90 Å². The number of thioether (sulfide) groups is 1. The van der Waals surface area contributed by atoms with E-state index in [1.165, 1.54) is 5.69 Å². The zero-order chi connectivity index (χ0) is 15.4. The standard InChI is InChI=1S/C15H17BrN2O2S/c1-3-18-13(15(16)10(2)17-18)9-21-12-6-4-11(5-7-12)8-14(19)20/h4-7H,3,8-9H2,1-2H3,(H,19,20). The highest BCUT2D eigenvalue weighted by molar-refractivity contribution is 9.10. The number of hydrogen-bond acceptors (Lipinski definition) is 3. The van der Waals surface area contributed by atoms with E-state index in [-0.39, 0.29) is 6.42 Å². The number of benzene rings is 1. The number of aromatic nitrogens is 2. The van der Waals surface area contributed by atoms with Gasteiger partial charge in [0.05, 0.1) is 22.3 Å². The molecule has 0 atom stereocenters. The molecule has 4 nitrogen and oxygen atoms in total. The van der Waals surface area contributed by atoms with Gasteiger partial charge in [0, 0.05) is 17.2 Å². The number of nitrogens with zero attached hydrogens (tertiary/aromatic N) is 2. The molecule has 0 spiro atoms. The molecule has 0 saturated heterocycles. The Labute approximate surface area is 136 Å². The third kappa shape index (κ3) is 4.11. The molecular weight excluding hydrogens is 352 g/mol. The average Bonchev–Trinajstić information content (AvgIpc) is 2.73. The Morgan fingerprint density at radius 2 is 2.05 bits per heavy atom. The zero-order valence-corrected chi connectivity index (χ0v) is 14.4. The first-order valence-corrected chi connectivity index (χ1v) is 8.44. The molecule has 0 fully saturated rings. The third-order valence-corrected chi connectivity index (χ3v) is 5.16. The van der Waals surface area contributed by atoms with Gasteiger partial charge in [0.25, 0.3) is 0 Å². The molecule has 112 valence electrons. The lowest BCUT2D eigenvalue weighted by molar-refractivity contribution is -0.136. The van der Waals surface area contributed by atoms with Crippen molar-refractivity contribution in [1.82, 2.24) is 9.78 Å². The van der Waals surface area contributed by atoms with E-state index in [0.29, 0.717) is 0 Å². The topological polar surface area (TPSA) is 55.1 Å². The van der Waals surface area contributed by atoms with Crippen molar-refractivity contribution in [3.8, 4) is 0 Å². The van der Waals surface area contributed by atoms with Crippen LogP contribution >= 0.6 is 27.7 Å². The van der Waals surface area contributed by atoms with Gasteiger partial charge in [-0.05, 0) is 47.5 Å². The number of aryl methyl sites for hydroxylation is 2. The van der Waals surface area contributed by atoms with Gasteiger partial charge in [-0.15, -0.1) is 11.8 Å². The second-order valence-electron chi connectivity index (χ2n) is 4.66. The number of hydrogen-bond donors (Lipinski definition) is 1. The van der Waals surface area contributed by atoms with Crippen LogP contribution < -0.4 is 0 Å². The Hall–Kier alpha value is -1.27. The summed E-state index contributed by atoms with van der Waals surface area (Å²) in [6.45, 7) is 4.92. The van der Waals surface area contributed by atoms with E-state index in [2.05, 4.69) is 28.0 Å². The summed E-state index contributed by atoms with van der Waals surface area (Å²) in [4.78, 5) is 11.8. The van der Waals surface area contributed by atoms with E-state index in [9.17, 15) is 4.79 Å². The van der Waals surface area contributed by atoms with Crippen molar-refractivity contribution in [1.29, 1.82) is 0 Å². The molecule has 0 aliphatic rings. The molecular formula is C15H17BrN2O2S. The molecule has 0 radical (unpaired) electrons. The molecule has 6 heteroatoms. The summed E-state index contributed by atoms with van der Waals surface area (Å²) >= 11 is 5.31. The Kier molecular flexibility index (Phi) is 5.47. The fraction of sp³-hybridized carbons (Fsp3) is 0.333. The number of carboxylic acid groups (broad SMARTS) is 1. The van der Waals surface area contributed by atoms with Crippen molar-refractivity contribution in [3.63, 3.8) is 0 Å². The number of carboxylic acids is 1. The maximum atomic E-state index is 10.7. The lowest BCUT2D eigenvalue weighted by Gasteiger charge is -2.06. The van der Waals surface area contributed by atoms with Gasteiger partial charge in [-0.2, -0.15) is 5.10 Å². The highest BCUT2D eigenvalue weighted by Gasteiger charge is 2.12. The molecule has 1 heterocycles. The fourth-order valence-electron chi connectivity index (χ4n) is 2.04. The van der Waals surface area contributed by atoms with Gasteiger partial charge in [-0.3, -0.25) is 9.48 Å². The van der Waals surface area contributed by atoms with Crippen molar-refractivity contribution in [3.05, 3.63) is 45.7 Å². The fourth-order valence-corrected chi connectivity index (χ4v) is 3.57. The molecule has 0 saturated carbocycles. The Morgan fingerprint density at radius 3 is 2.62 bits per heavy atom. The van der Waals surface area contributed by atoms with Crippen LogP contribution in [0.1, 0.15) is 23.9 Å².